The maximum atomic E-state index is 12.9. The van der Waals surface area contributed by atoms with Crippen molar-refractivity contribution in [1.82, 2.24) is 13.9 Å². The van der Waals surface area contributed by atoms with Gasteiger partial charge in [0.15, 0.2) is 16.6 Å². The van der Waals surface area contributed by atoms with Gasteiger partial charge in [0.2, 0.25) is 0 Å². The second kappa shape index (κ2) is 8.02. The summed E-state index contributed by atoms with van der Waals surface area (Å²) in [6.45, 7) is 3.63. The van der Waals surface area contributed by atoms with Crippen molar-refractivity contribution in [1.29, 1.82) is 0 Å². The second-order valence-electron chi connectivity index (χ2n) is 6.69. The van der Waals surface area contributed by atoms with Crippen LogP contribution in [0.1, 0.15) is 35.2 Å². The lowest BCUT2D eigenvalue weighted by molar-refractivity contribution is 0.0724. The first-order valence-corrected chi connectivity index (χ1v) is 9.99. The number of hydrogen-bond acceptors (Lipinski definition) is 3. The molecule has 1 aliphatic rings. The molecule has 142 valence electrons. The van der Waals surface area contributed by atoms with Crippen LogP contribution in [-0.2, 0) is 11.0 Å². The number of likely N-dealkylation sites (tertiary alicyclic amines) is 1. The number of aryl methyl sites for hydroxylation is 1. The predicted octanol–water partition coefficient (Wildman–Crippen LogP) is 2.72. The number of fused-ring (bicyclic) bond motifs is 1. The molecule has 0 spiro atoms. The standard InChI is InChI=1S/C20H21N3O2S.H2O/c1-15-5-7-18(8-6-15)26(25)23-12-9-16-13-17(14-21-19(16)23)20(24)22-10-3-2-4-11-22;/h5-9,12-14H,2-4,10-11H2,1H3;1H2. The zero-order valence-corrected chi connectivity index (χ0v) is 16.0. The monoisotopic (exact) mass is 385 g/mol. The minimum Gasteiger partial charge on any atom is -0.412 e. The normalized spacial score (nSPS) is 15.4. The Morgan fingerprint density at radius 2 is 1.78 bits per heavy atom. The fraction of sp³-hybridized carbons (Fsp3) is 0.300. The summed E-state index contributed by atoms with van der Waals surface area (Å²) in [5, 5.41) is 0.827. The van der Waals surface area contributed by atoms with E-state index in [1.165, 1.54) is 6.42 Å². The van der Waals surface area contributed by atoms with Crippen LogP contribution < -0.4 is 0 Å². The summed E-state index contributed by atoms with van der Waals surface area (Å²) in [4.78, 5) is 19.7. The third kappa shape index (κ3) is 3.79. The second-order valence-corrected chi connectivity index (χ2v) is 8.06. The summed E-state index contributed by atoms with van der Waals surface area (Å²) in [6, 6.07) is 11.3. The average Bonchev–Trinajstić information content (AvgIpc) is 3.11. The zero-order chi connectivity index (χ0) is 18.1. The molecule has 0 bridgehead atoms. The molecule has 0 radical (unpaired) electrons. The lowest BCUT2D eigenvalue weighted by Crippen LogP contribution is -2.35. The number of rotatable bonds is 3. The Balaban J connectivity index is 0.00000210. The van der Waals surface area contributed by atoms with Crippen LogP contribution in [0.3, 0.4) is 0 Å². The van der Waals surface area contributed by atoms with Crippen LogP contribution in [-0.4, -0.2) is 42.5 Å². The van der Waals surface area contributed by atoms with Crippen molar-refractivity contribution in [2.75, 3.05) is 13.1 Å². The number of nitrogens with zero attached hydrogens (tertiary/aromatic N) is 3. The molecule has 1 amide bonds. The molecule has 3 heterocycles. The van der Waals surface area contributed by atoms with Gasteiger partial charge in [-0.1, -0.05) is 17.7 Å². The van der Waals surface area contributed by atoms with Crippen molar-refractivity contribution < 1.29 is 14.5 Å². The summed E-state index contributed by atoms with van der Waals surface area (Å²) in [5.41, 5.74) is 2.35. The van der Waals surface area contributed by atoms with Gasteiger partial charge in [0.1, 0.15) is 0 Å². The molecule has 7 heteroatoms. The summed E-state index contributed by atoms with van der Waals surface area (Å²) >= 11 is 0. The largest absolute Gasteiger partial charge is 0.412 e. The molecule has 1 aliphatic heterocycles. The van der Waals surface area contributed by atoms with Crippen molar-refractivity contribution >= 4 is 27.9 Å². The van der Waals surface area contributed by atoms with E-state index in [2.05, 4.69) is 4.98 Å². The van der Waals surface area contributed by atoms with Crippen LogP contribution in [0.25, 0.3) is 11.0 Å². The summed E-state index contributed by atoms with van der Waals surface area (Å²) < 4.78 is 14.5. The number of aromatic nitrogens is 2. The molecule has 2 aromatic heterocycles. The first-order valence-electron chi connectivity index (χ1n) is 8.89. The SMILES string of the molecule is Cc1ccc(S(=O)n2ccc3cc(C(=O)N4CCCCC4)cnc32)cc1.O. The van der Waals surface area contributed by atoms with Crippen LogP contribution in [0.15, 0.2) is 53.7 Å². The first-order chi connectivity index (χ1) is 12.6. The Labute approximate surface area is 160 Å². The molecule has 0 saturated carbocycles. The third-order valence-electron chi connectivity index (χ3n) is 4.78. The molecule has 3 aromatic rings. The molecule has 1 unspecified atom stereocenters. The van der Waals surface area contributed by atoms with Crippen LogP contribution >= 0.6 is 0 Å². The van der Waals surface area contributed by atoms with Crippen molar-refractivity contribution in [3.8, 4) is 0 Å². The summed E-state index contributed by atoms with van der Waals surface area (Å²) in [5.74, 6) is 0.0338. The van der Waals surface area contributed by atoms with E-state index in [4.69, 9.17) is 0 Å². The molecular formula is C20H23N3O3S. The Morgan fingerprint density at radius 1 is 1.07 bits per heavy atom. The number of piperidine rings is 1. The van der Waals surface area contributed by atoms with Gasteiger partial charge >= 0.3 is 0 Å². The van der Waals surface area contributed by atoms with Gasteiger partial charge in [0, 0.05) is 30.9 Å². The van der Waals surface area contributed by atoms with E-state index in [1.807, 2.05) is 48.2 Å². The fourth-order valence-corrected chi connectivity index (χ4v) is 4.38. The lowest BCUT2D eigenvalue weighted by Gasteiger charge is -2.26. The number of benzene rings is 1. The third-order valence-corrected chi connectivity index (χ3v) is 6.11. The van der Waals surface area contributed by atoms with Gasteiger partial charge in [-0.15, -0.1) is 0 Å². The van der Waals surface area contributed by atoms with Crippen LogP contribution in [0.2, 0.25) is 0 Å². The number of hydrogen-bond donors (Lipinski definition) is 0. The van der Waals surface area contributed by atoms with E-state index < -0.39 is 11.0 Å². The summed E-state index contributed by atoms with van der Waals surface area (Å²) in [6.07, 6.45) is 6.68. The van der Waals surface area contributed by atoms with Gasteiger partial charge in [0.05, 0.1) is 10.5 Å². The maximum Gasteiger partial charge on any atom is 0.255 e. The van der Waals surface area contributed by atoms with E-state index >= 15 is 0 Å². The van der Waals surface area contributed by atoms with Gasteiger partial charge in [0.25, 0.3) is 5.91 Å². The zero-order valence-electron chi connectivity index (χ0n) is 15.2. The molecular weight excluding hydrogens is 362 g/mol. The Kier molecular flexibility index (Phi) is 5.72. The molecule has 4 rings (SSSR count). The molecule has 2 N–H and O–H groups in total. The van der Waals surface area contributed by atoms with Crippen molar-refractivity contribution in [2.24, 2.45) is 0 Å². The predicted molar refractivity (Wildman–Crippen MR) is 106 cm³/mol. The van der Waals surface area contributed by atoms with Crippen molar-refractivity contribution in [3.05, 3.63) is 59.9 Å². The van der Waals surface area contributed by atoms with E-state index in [1.54, 1.807) is 16.4 Å². The van der Waals surface area contributed by atoms with E-state index in [9.17, 15) is 9.00 Å². The topological polar surface area (TPSA) is 86.7 Å². The smallest absolute Gasteiger partial charge is 0.255 e. The fourth-order valence-electron chi connectivity index (χ4n) is 3.30. The molecule has 1 fully saturated rings. The van der Waals surface area contributed by atoms with Crippen LogP contribution in [0, 0.1) is 6.92 Å². The minimum atomic E-state index is -1.36. The van der Waals surface area contributed by atoms with Gasteiger partial charge in [-0.25, -0.2) is 13.2 Å². The van der Waals surface area contributed by atoms with Crippen molar-refractivity contribution in [3.63, 3.8) is 0 Å². The average molecular weight is 385 g/mol. The maximum absolute atomic E-state index is 12.9. The van der Waals surface area contributed by atoms with Crippen LogP contribution in [0.5, 0.6) is 0 Å². The van der Waals surface area contributed by atoms with Crippen molar-refractivity contribution in [2.45, 2.75) is 31.1 Å². The Morgan fingerprint density at radius 3 is 2.48 bits per heavy atom. The van der Waals surface area contributed by atoms with Gasteiger partial charge < -0.3 is 10.4 Å². The van der Waals surface area contributed by atoms with E-state index in [0.29, 0.717) is 11.2 Å². The Bertz CT molecular complexity index is 976. The Hall–Kier alpha value is -2.51. The first kappa shape index (κ1) is 19.3. The number of pyridine rings is 1. The molecule has 27 heavy (non-hydrogen) atoms. The molecule has 6 nitrogen and oxygen atoms in total. The quantitative estimate of drug-likeness (QED) is 0.694. The molecule has 1 aromatic carbocycles. The molecule has 1 atom stereocenters. The minimum absolute atomic E-state index is 0. The van der Waals surface area contributed by atoms with Gasteiger partial charge in [-0.2, -0.15) is 0 Å². The van der Waals surface area contributed by atoms with E-state index in [0.717, 1.165) is 41.8 Å². The van der Waals surface area contributed by atoms with Gasteiger partial charge in [-0.3, -0.25) is 4.79 Å². The number of amides is 1. The molecule has 1 saturated heterocycles. The highest BCUT2D eigenvalue weighted by molar-refractivity contribution is 7.83. The highest BCUT2D eigenvalue weighted by atomic mass is 32.2. The molecule has 0 aliphatic carbocycles. The van der Waals surface area contributed by atoms with E-state index in [-0.39, 0.29) is 11.4 Å². The lowest BCUT2D eigenvalue weighted by atomic mass is 10.1. The van der Waals surface area contributed by atoms with Gasteiger partial charge in [-0.05, 0) is 50.5 Å². The number of carbonyl (C=O) groups is 1. The number of carbonyl (C=O) groups excluding carboxylic acids is 1. The summed E-state index contributed by atoms with van der Waals surface area (Å²) in [7, 11) is -1.36. The highest BCUT2D eigenvalue weighted by Crippen LogP contribution is 2.21. The highest BCUT2D eigenvalue weighted by Gasteiger charge is 2.19. The van der Waals surface area contributed by atoms with Crippen LogP contribution in [0.4, 0.5) is 0 Å².